The summed E-state index contributed by atoms with van der Waals surface area (Å²) in [5.74, 6) is -0.248. The average molecular weight is 427 g/mol. The molecule has 1 N–H and O–H groups in total. The molecule has 8 heteroatoms. The Labute approximate surface area is 169 Å². The zero-order chi connectivity index (χ0) is 19.6. The second-order valence-corrected chi connectivity index (χ2v) is 10.5. The van der Waals surface area contributed by atoms with Crippen molar-refractivity contribution in [2.45, 2.75) is 50.1 Å². The molecule has 1 aromatic heterocycles. The number of carbonyl (C=O) groups excluding carboxylic acids is 1. The van der Waals surface area contributed by atoms with Crippen molar-refractivity contribution >= 4 is 38.9 Å². The van der Waals surface area contributed by atoms with E-state index in [2.05, 4.69) is 5.32 Å². The molecule has 1 aromatic carbocycles. The molecular weight excluding hydrogens is 404 g/mol. The highest BCUT2D eigenvalue weighted by Gasteiger charge is 2.30. The first-order valence-corrected chi connectivity index (χ1v) is 11.6. The molecule has 1 saturated heterocycles. The first kappa shape index (κ1) is 20.3. The van der Waals surface area contributed by atoms with Crippen LogP contribution in [-0.2, 0) is 10.0 Å². The van der Waals surface area contributed by atoms with Gasteiger partial charge in [0.25, 0.3) is 5.91 Å². The maximum atomic E-state index is 12.9. The van der Waals surface area contributed by atoms with Gasteiger partial charge in [-0.05, 0) is 63.1 Å². The molecule has 0 aliphatic carbocycles. The van der Waals surface area contributed by atoms with Crippen molar-refractivity contribution < 1.29 is 13.2 Å². The van der Waals surface area contributed by atoms with Crippen molar-refractivity contribution in [2.24, 2.45) is 0 Å². The van der Waals surface area contributed by atoms with Crippen molar-refractivity contribution in [3.63, 3.8) is 0 Å². The summed E-state index contributed by atoms with van der Waals surface area (Å²) in [5.41, 5.74) is 0.426. The molecule has 0 bridgehead atoms. The molecule has 3 rings (SSSR count). The Balaban J connectivity index is 1.71. The van der Waals surface area contributed by atoms with Gasteiger partial charge in [-0.15, -0.1) is 11.3 Å². The van der Waals surface area contributed by atoms with Crippen LogP contribution in [0.4, 0.5) is 0 Å². The SMILES string of the molecule is CC(NC(=O)c1ccc(S(=O)(=O)N2CCCCC2C)cc1)c1ccc(Cl)s1. The van der Waals surface area contributed by atoms with E-state index in [0.717, 1.165) is 24.1 Å². The van der Waals surface area contributed by atoms with Crippen molar-refractivity contribution in [1.29, 1.82) is 0 Å². The predicted octanol–water partition coefficient (Wildman–Crippen LogP) is 4.46. The van der Waals surface area contributed by atoms with Crippen LogP contribution in [0.2, 0.25) is 4.34 Å². The first-order chi connectivity index (χ1) is 12.8. The van der Waals surface area contributed by atoms with Gasteiger partial charge in [0, 0.05) is 23.0 Å². The Morgan fingerprint density at radius 2 is 1.93 bits per heavy atom. The number of halogens is 1. The molecular formula is C19H23ClN2O3S2. The van der Waals surface area contributed by atoms with E-state index in [1.807, 2.05) is 19.9 Å². The lowest BCUT2D eigenvalue weighted by Crippen LogP contribution is -2.41. The van der Waals surface area contributed by atoms with Gasteiger partial charge in [0.05, 0.1) is 15.3 Å². The third-order valence-electron chi connectivity index (χ3n) is 4.83. The maximum absolute atomic E-state index is 12.9. The third-order valence-corrected chi connectivity index (χ3v) is 8.28. The Bertz CT molecular complexity index is 909. The van der Waals surface area contributed by atoms with E-state index >= 15 is 0 Å². The van der Waals surface area contributed by atoms with E-state index in [1.54, 1.807) is 22.5 Å². The number of hydrogen-bond donors (Lipinski definition) is 1. The number of nitrogens with zero attached hydrogens (tertiary/aromatic N) is 1. The molecule has 2 unspecified atom stereocenters. The molecule has 146 valence electrons. The Hall–Kier alpha value is -1.41. The number of hydrogen-bond acceptors (Lipinski definition) is 4. The zero-order valence-corrected chi connectivity index (χ0v) is 17.7. The predicted molar refractivity (Wildman–Crippen MR) is 109 cm³/mol. The minimum atomic E-state index is -3.53. The summed E-state index contributed by atoms with van der Waals surface area (Å²) >= 11 is 7.36. The van der Waals surface area contributed by atoms with Gasteiger partial charge in [-0.1, -0.05) is 18.0 Å². The minimum absolute atomic E-state index is 0.00481. The summed E-state index contributed by atoms with van der Waals surface area (Å²) in [6.07, 6.45) is 2.82. The van der Waals surface area contributed by atoms with Crippen LogP contribution in [0.15, 0.2) is 41.3 Å². The topological polar surface area (TPSA) is 66.5 Å². The maximum Gasteiger partial charge on any atom is 0.251 e. The summed E-state index contributed by atoms with van der Waals surface area (Å²) in [6, 6.07) is 9.66. The van der Waals surface area contributed by atoms with E-state index < -0.39 is 10.0 Å². The van der Waals surface area contributed by atoms with Gasteiger partial charge >= 0.3 is 0 Å². The molecule has 1 amide bonds. The number of benzene rings is 1. The lowest BCUT2D eigenvalue weighted by molar-refractivity contribution is 0.0940. The highest BCUT2D eigenvalue weighted by atomic mass is 35.5. The van der Waals surface area contributed by atoms with Crippen LogP contribution in [-0.4, -0.2) is 31.2 Å². The third kappa shape index (κ3) is 4.54. The smallest absolute Gasteiger partial charge is 0.251 e. The number of piperidine rings is 1. The number of amides is 1. The molecule has 0 spiro atoms. The van der Waals surface area contributed by atoms with Crippen LogP contribution in [0.3, 0.4) is 0 Å². The zero-order valence-electron chi connectivity index (χ0n) is 15.3. The standard InChI is InChI=1S/C19H23ClN2O3S2/c1-13-5-3-4-12-22(13)27(24,25)16-8-6-15(7-9-16)19(23)21-14(2)17-10-11-18(20)26-17/h6-11,13-14H,3-5,12H2,1-2H3,(H,21,23). The fourth-order valence-corrected chi connectivity index (χ4v) is 6.02. The number of nitrogens with one attached hydrogen (secondary N) is 1. The van der Waals surface area contributed by atoms with E-state index in [-0.39, 0.29) is 22.9 Å². The second kappa shape index (κ2) is 8.31. The van der Waals surface area contributed by atoms with Crippen LogP contribution >= 0.6 is 22.9 Å². The molecule has 27 heavy (non-hydrogen) atoms. The van der Waals surface area contributed by atoms with Gasteiger partial charge in [-0.3, -0.25) is 4.79 Å². The molecule has 1 aliphatic rings. The van der Waals surface area contributed by atoms with E-state index in [9.17, 15) is 13.2 Å². The monoisotopic (exact) mass is 426 g/mol. The molecule has 0 radical (unpaired) electrons. The highest BCUT2D eigenvalue weighted by molar-refractivity contribution is 7.89. The average Bonchev–Trinajstić information content (AvgIpc) is 3.08. The van der Waals surface area contributed by atoms with Crippen LogP contribution in [0, 0.1) is 0 Å². The number of thiophene rings is 1. The minimum Gasteiger partial charge on any atom is -0.345 e. The van der Waals surface area contributed by atoms with Gasteiger partial charge in [-0.2, -0.15) is 4.31 Å². The van der Waals surface area contributed by atoms with Crippen molar-refractivity contribution in [3.8, 4) is 0 Å². The largest absolute Gasteiger partial charge is 0.345 e. The van der Waals surface area contributed by atoms with E-state index in [1.165, 1.54) is 23.5 Å². The molecule has 2 aromatic rings. The molecule has 5 nitrogen and oxygen atoms in total. The van der Waals surface area contributed by atoms with Gasteiger partial charge in [0.2, 0.25) is 10.0 Å². The summed E-state index contributed by atoms with van der Waals surface area (Å²) in [5, 5.41) is 2.91. The second-order valence-electron chi connectivity index (χ2n) is 6.82. The lowest BCUT2D eigenvalue weighted by atomic mass is 10.1. The number of rotatable bonds is 5. The van der Waals surface area contributed by atoms with Crippen molar-refractivity contribution in [2.75, 3.05) is 6.54 Å². The Morgan fingerprint density at radius 3 is 2.52 bits per heavy atom. The Kier molecular flexibility index (Phi) is 6.25. The fraction of sp³-hybridized carbons (Fsp3) is 0.421. The van der Waals surface area contributed by atoms with Crippen molar-refractivity contribution in [3.05, 3.63) is 51.2 Å². The van der Waals surface area contributed by atoms with Crippen molar-refractivity contribution in [1.82, 2.24) is 9.62 Å². The van der Waals surface area contributed by atoms with Gasteiger partial charge in [0.15, 0.2) is 0 Å². The van der Waals surface area contributed by atoms with E-state index in [4.69, 9.17) is 11.6 Å². The highest BCUT2D eigenvalue weighted by Crippen LogP contribution is 2.27. The summed E-state index contributed by atoms with van der Waals surface area (Å²) in [7, 11) is -3.53. The summed E-state index contributed by atoms with van der Waals surface area (Å²) in [4.78, 5) is 13.6. The van der Waals surface area contributed by atoms with Gasteiger partial charge < -0.3 is 5.32 Å². The van der Waals surface area contributed by atoms with E-state index in [0.29, 0.717) is 16.4 Å². The van der Waals surface area contributed by atoms with Crippen LogP contribution in [0.5, 0.6) is 0 Å². The Morgan fingerprint density at radius 1 is 1.22 bits per heavy atom. The van der Waals surface area contributed by atoms with Crippen LogP contribution in [0.25, 0.3) is 0 Å². The fourth-order valence-electron chi connectivity index (χ4n) is 3.25. The molecule has 2 atom stereocenters. The summed E-state index contributed by atoms with van der Waals surface area (Å²) < 4.78 is 28.0. The van der Waals surface area contributed by atoms with Gasteiger partial charge in [-0.25, -0.2) is 8.42 Å². The quantitative estimate of drug-likeness (QED) is 0.767. The van der Waals surface area contributed by atoms with Crippen LogP contribution in [0.1, 0.15) is 54.4 Å². The van der Waals surface area contributed by atoms with Crippen LogP contribution < -0.4 is 5.32 Å². The summed E-state index contributed by atoms with van der Waals surface area (Å²) in [6.45, 7) is 4.38. The molecule has 1 fully saturated rings. The normalized spacial score (nSPS) is 19.6. The number of sulfonamides is 1. The molecule has 2 heterocycles. The molecule has 1 aliphatic heterocycles. The number of carbonyl (C=O) groups is 1. The first-order valence-electron chi connectivity index (χ1n) is 8.97. The van der Waals surface area contributed by atoms with Gasteiger partial charge in [0.1, 0.15) is 0 Å². The molecule has 0 saturated carbocycles. The lowest BCUT2D eigenvalue weighted by Gasteiger charge is -2.32.